The Balaban J connectivity index is 1.59. The Kier molecular flexibility index (Phi) is 14.8. The molecule has 9 heteroatoms. The molecule has 0 aliphatic heterocycles. The zero-order valence-corrected chi connectivity index (χ0v) is 21.0. The molecule has 0 aromatic heterocycles. The summed E-state index contributed by atoms with van der Waals surface area (Å²) in [6.45, 7) is 0.303. The average molecular weight is 509 g/mol. The van der Waals surface area contributed by atoms with E-state index in [1.807, 2.05) is 30.4 Å². The number of aryl methyl sites for hydroxylation is 1. The predicted octanol–water partition coefficient (Wildman–Crippen LogP) is 3.68. The number of benzene rings is 1. The number of carbonyl (C=O) groups excluding carboxylic acids is 1. The van der Waals surface area contributed by atoms with Gasteiger partial charge in [-0.05, 0) is 81.6 Å². The van der Waals surface area contributed by atoms with Crippen molar-refractivity contribution in [1.82, 2.24) is 5.39 Å². The van der Waals surface area contributed by atoms with E-state index >= 15 is 0 Å². The molecule has 9 nitrogen and oxygen atoms in total. The Bertz CT molecular complexity index is 745. The van der Waals surface area contributed by atoms with Crippen LogP contribution in [0.25, 0.3) is 0 Å². The maximum atomic E-state index is 11.7. The van der Waals surface area contributed by atoms with Gasteiger partial charge in [0, 0.05) is 6.42 Å². The van der Waals surface area contributed by atoms with Crippen LogP contribution in [0, 0.1) is 17.0 Å². The number of nitrogens with zero attached hydrogens (tertiary/aromatic N) is 1. The van der Waals surface area contributed by atoms with Crippen molar-refractivity contribution in [2.24, 2.45) is 11.8 Å². The van der Waals surface area contributed by atoms with E-state index in [2.05, 4.69) is 17.0 Å². The quantitative estimate of drug-likeness (QED) is 0.101. The van der Waals surface area contributed by atoms with E-state index in [4.69, 9.17) is 9.94 Å². The average Bonchev–Trinajstić information content (AvgIpc) is 3.12. The fourth-order valence-corrected chi connectivity index (χ4v) is 4.75. The molecule has 2 rings (SSSR count). The lowest BCUT2D eigenvalue weighted by atomic mass is 9.85. The van der Waals surface area contributed by atoms with Crippen LogP contribution in [0.1, 0.15) is 69.8 Å². The second kappa shape index (κ2) is 17.6. The fraction of sp³-hybridized carbons (Fsp3) is 0.667. The maximum Gasteiger partial charge on any atom is 0.305 e. The first kappa shape index (κ1) is 30.4. The van der Waals surface area contributed by atoms with Crippen LogP contribution in [-0.2, 0) is 20.8 Å². The molecule has 1 saturated carbocycles. The van der Waals surface area contributed by atoms with Crippen molar-refractivity contribution in [2.75, 3.05) is 13.2 Å². The monoisotopic (exact) mass is 508 g/mol. The van der Waals surface area contributed by atoms with Gasteiger partial charge in [0.15, 0.2) is 0 Å². The van der Waals surface area contributed by atoms with Gasteiger partial charge in [-0.15, -0.1) is 5.39 Å². The molecule has 4 N–H and O–H groups in total. The van der Waals surface area contributed by atoms with E-state index in [9.17, 15) is 25.3 Å². The number of aliphatic hydroxyl groups excluding tert-OH is 3. The first-order chi connectivity index (χ1) is 17.4. The summed E-state index contributed by atoms with van der Waals surface area (Å²) in [5.41, 5.74) is 1.20. The summed E-state index contributed by atoms with van der Waals surface area (Å²) in [5.74, 6) is -0.353. The lowest BCUT2D eigenvalue weighted by molar-refractivity contribution is -0.305. The Labute approximate surface area is 213 Å². The van der Waals surface area contributed by atoms with Crippen LogP contribution < -0.4 is 0 Å². The van der Waals surface area contributed by atoms with Crippen LogP contribution in [0.4, 0.5) is 0 Å². The summed E-state index contributed by atoms with van der Waals surface area (Å²) >= 11 is 0. The molecule has 0 bridgehead atoms. The normalized spacial score (nSPS) is 22.9. The molecule has 0 spiro atoms. The smallest absolute Gasteiger partial charge is 0.305 e. The second-order valence-electron chi connectivity index (χ2n) is 9.55. The van der Waals surface area contributed by atoms with Gasteiger partial charge in [0.1, 0.15) is 0 Å². The number of allylic oxidation sites excluding steroid dienone is 2. The Hall–Kier alpha value is -1.85. The summed E-state index contributed by atoms with van der Waals surface area (Å²) in [7, 11) is 0. The molecule has 1 aliphatic carbocycles. The molecule has 1 aliphatic rings. The standard InChI is InChI=1S/C27H42NO8/c29-22(15-14-21-10-4-3-5-11-21)16-17-24-23(25(30)20-26(24)31)12-6-1-2-7-13-27(32)35-18-8-9-19-36-28(33)34/h1,3-6,10-11,22-26,29-31,33H,2,7-9,12-20H2/q-1. The predicted molar refractivity (Wildman–Crippen MR) is 134 cm³/mol. The molecule has 0 radical (unpaired) electrons. The van der Waals surface area contributed by atoms with E-state index in [-0.39, 0.29) is 31.0 Å². The molecular weight excluding hydrogens is 466 g/mol. The summed E-state index contributed by atoms with van der Waals surface area (Å²) in [6.07, 6.45) is 9.00. The third-order valence-corrected chi connectivity index (χ3v) is 6.79. The number of carbonyl (C=O) groups is 1. The molecule has 1 fully saturated rings. The molecular formula is C27H42NO8-. The van der Waals surface area contributed by atoms with Crippen molar-refractivity contribution in [2.45, 2.75) is 88.9 Å². The number of rotatable bonds is 18. The second-order valence-corrected chi connectivity index (χ2v) is 9.55. The molecule has 0 amide bonds. The fourth-order valence-electron chi connectivity index (χ4n) is 4.75. The molecule has 0 heterocycles. The van der Waals surface area contributed by atoms with E-state index in [1.54, 1.807) is 0 Å². The highest BCUT2D eigenvalue weighted by molar-refractivity contribution is 5.69. The molecule has 0 saturated heterocycles. The largest absolute Gasteiger partial charge is 0.738 e. The lowest BCUT2D eigenvalue weighted by Gasteiger charge is -2.23. The third kappa shape index (κ3) is 12.4. The topological polar surface area (TPSA) is 143 Å². The van der Waals surface area contributed by atoms with Crippen LogP contribution in [0.2, 0.25) is 0 Å². The lowest BCUT2D eigenvalue weighted by Crippen LogP contribution is -2.23. The summed E-state index contributed by atoms with van der Waals surface area (Å²) in [4.78, 5) is 16.0. The Morgan fingerprint density at radius 1 is 1.06 bits per heavy atom. The van der Waals surface area contributed by atoms with Crippen LogP contribution in [0.15, 0.2) is 42.5 Å². The molecule has 1 aromatic carbocycles. The van der Waals surface area contributed by atoms with E-state index in [0.717, 1.165) is 6.42 Å². The molecule has 5 unspecified atom stereocenters. The van der Waals surface area contributed by atoms with Gasteiger partial charge < -0.3 is 30.5 Å². The highest BCUT2D eigenvalue weighted by atomic mass is 17.1. The first-order valence-corrected chi connectivity index (χ1v) is 13.0. The number of esters is 1. The van der Waals surface area contributed by atoms with Crippen LogP contribution in [0.3, 0.4) is 0 Å². The Morgan fingerprint density at radius 2 is 1.78 bits per heavy atom. The van der Waals surface area contributed by atoms with Gasteiger partial charge >= 0.3 is 5.97 Å². The van der Waals surface area contributed by atoms with E-state index in [0.29, 0.717) is 64.2 Å². The summed E-state index contributed by atoms with van der Waals surface area (Å²) in [6, 6.07) is 10.1. The first-order valence-electron chi connectivity index (χ1n) is 13.0. The number of ether oxygens (including phenoxy) is 1. The summed E-state index contributed by atoms with van der Waals surface area (Å²) in [5, 5.41) is 49.1. The Morgan fingerprint density at radius 3 is 2.53 bits per heavy atom. The minimum absolute atomic E-state index is 0.0361. The molecule has 5 atom stereocenters. The van der Waals surface area contributed by atoms with Crippen molar-refractivity contribution in [1.29, 1.82) is 0 Å². The van der Waals surface area contributed by atoms with Gasteiger partial charge in [-0.2, -0.15) is 0 Å². The highest BCUT2D eigenvalue weighted by Gasteiger charge is 2.40. The van der Waals surface area contributed by atoms with Crippen LogP contribution in [0.5, 0.6) is 0 Å². The zero-order chi connectivity index (χ0) is 26.2. The van der Waals surface area contributed by atoms with E-state index < -0.39 is 23.7 Å². The highest BCUT2D eigenvalue weighted by Crippen LogP contribution is 2.38. The third-order valence-electron chi connectivity index (χ3n) is 6.79. The SMILES string of the molecule is O=C(CCCC=CCC1C(O)CC(O)C1CCC(O)CCc1ccccc1)OCCCCON([O-])O. The van der Waals surface area contributed by atoms with Crippen molar-refractivity contribution >= 4 is 5.97 Å². The van der Waals surface area contributed by atoms with Gasteiger partial charge in [-0.1, -0.05) is 42.5 Å². The summed E-state index contributed by atoms with van der Waals surface area (Å²) < 4.78 is 5.11. The van der Waals surface area contributed by atoms with Crippen LogP contribution >= 0.6 is 0 Å². The van der Waals surface area contributed by atoms with Gasteiger partial charge in [0.2, 0.25) is 0 Å². The van der Waals surface area contributed by atoms with Crippen LogP contribution in [-0.4, -0.2) is 63.4 Å². The number of unbranched alkanes of at least 4 members (excludes halogenated alkanes) is 2. The van der Waals surface area contributed by atoms with Crippen molar-refractivity contribution < 1.29 is 34.9 Å². The zero-order valence-electron chi connectivity index (χ0n) is 21.0. The number of hydrogen-bond donors (Lipinski definition) is 4. The van der Waals surface area contributed by atoms with Crippen molar-refractivity contribution in [3.63, 3.8) is 0 Å². The van der Waals surface area contributed by atoms with Gasteiger partial charge in [0.25, 0.3) is 0 Å². The molecule has 1 aromatic rings. The minimum Gasteiger partial charge on any atom is -0.738 e. The number of aliphatic hydroxyl groups is 3. The molecule has 204 valence electrons. The minimum atomic E-state index is -0.589. The number of hydrogen-bond acceptors (Lipinski definition) is 9. The van der Waals surface area contributed by atoms with Crippen molar-refractivity contribution in [3.05, 3.63) is 53.3 Å². The van der Waals surface area contributed by atoms with E-state index in [1.165, 1.54) is 5.56 Å². The maximum absolute atomic E-state index is 11.7. The van der Waals surface area contributed by atoms with Gasteiger partial charge in [-0.25, -0.2) is 0 Å². The van der Waals surface area contributed by atoms with Gasteiger partial charge in [-0.3, -0.25) is 9.63 Å². The van der Waals surface area contributed by atoms with Crippen molar-refractivity contribution in [3.8, 4) is 0 Å². The molecule has 36 heavy (non-hydrogen) atoms. The van der Waals surface area contributed by atoms with Gasteiger partial charge in [0.05, 0.1) is 31.5 Å².